The van der Waals surface area contributed by atoms with Crippen LogP contribution in [0, 0.1) is 0 Å². The van der Waals surface area contributed by atoms with Gasteiger partial charge in [-0.3, -0.25) is 4.79 Å². The lowest BCUT2D eigenvalue weighted by Gasteiger charge is -2.10. The summed E-state index contributed by atoms with van der Waals surface area (Å²) in [5, 5.41) is 2.84. The number of nitrogens with two attached hydrogens (primary N) is 1. The molecule has 1 atom stereocenters. The monoisotopic (exact) mass is 278 g/mol. The van der Waals surface area contributed by atoms with E-state index in [-0.39, 0.29) is 12.5 Å². The fraction of sp³-hybridized carbons (Fsp3) is 0.533. The van der Waals surface area contributed by atoms with Crippen molar-refractivity contribution in [3.8, 4) is 5.75 Å². The van der Waals surface area contributed by atoms with Gasteiger partial charge in [-0.25, -0.2) is 0 Å². The molecule has 1 amide bonds. The number of carbonyl (C=O) groups excluding carboxylic acids is 1. The Balaban J connectivity index is 1.61. The summed E-state index contributed by atoms with van der Waals surface area (Å²) in [7, 11) is 0. The van der Waals surface area contributed by atoms with Crippen molar-refractivity contribution in [2.24, 2.45) is 5.73 Å². The minimum absolute atomic E-state index is 0.0352. The van der Waals surface area contributed by atoms with Crippen molar-refractivity contribution in [3.05, 3.63) is 29.8 Å². The maximum atomic E-state index is 11.6. The fourth-order valence-corrected chi connectivity index (χ4v) is 2.17. The molecule has 0 aromatic heterocycles. The second-order valence-electron chi connectivity index (χ2n) is 4.91. The van der Waals surface area contributed by atoms with Crippen molar-refractivity contribution in [1.82, 2.24) is 5.32 Å². The van der Waals surface area contributed by atoms with Crippen LogP contribution in [0.2, 0.25) is 0 Å². The zero-order chi connectivity index (χ0) is 14.2. The van der Waals surface area contributed by atoms with Gasteiger partial charge < -0.3 is 20.5 Å². The molecular weight excluding hydrogens is 256 g/mol. The van der Waals surface area contributed by atoms with Gasteiger partial charge in [0.05, 0.1) is 6.10 Å². The molecule has 1 aromatic rings. The first-order chi connectivity index (χ1) is 9.78. The summed E-state index contributed by atoms with van der Waals surface area (Å²) in [5.41, 5.74) is 6.55. The first-order valence-corrected chi connectivity index (χ1v) is 7.08. The van der Waals surface area contributed by atoms with Crippen LogP contribution in [0.5, 0.6) is 5.75 Å². The predicted molar refractivity (Wildman–Crippen MR) is 76.4 cm³/mol. The Morgan fingerprint density at radius 3 is 2.85 bits per heavy atom. The van der Waals surface area contributed by atoms with Crippen molar-refractivity contribution in [1.29, 1.82) is 0 Å². The van der Waals surface area contributed by atoms with Crippen LogP contribution in [0.1, 0.15) is 24.8 Å². The minimum Gasteiger partial charge on any atom is -0.484 e. The molecule has 1 saturated heterocycles. The molecule has 0 saturated carbocycles. The molecular formula is C15H22N2O3. The molecule has 0 aliphatic carbocycles. The quantitative estimate of drug-likeness (QED) is 0.786. The van der Waals surface area contributed by atoms with E-state index in [9.17, 15) is 4.79 Å². The molecule has 0 spiro atoms. The number of benzene rings is 1. The Kier molecular flexibility index (Phi) is 5.83. The van der Waals surface area contributed by atoms with Crippen LogP contribution < -0.4 is 15.8 Å². The molecule has 0 radical (unpaired) electrons. The molecule has 20 heavy (non-hydrogen) atoms. The van der Waals surface area contributed by atoms with Crippen LogP contribution in [0.4, 0.5) is 0 Å². The van der Waals surface area contributed by atoms with Crippen LogP contribution in [-0.2, 0) is 16.1 Å². The van der Waals surface area contributed by atoms with E-state index in [0.717, 1.165) is 31.4 Å². The lowest BCUT2D eigenvalue weighted by atomic mass is 10.2. The SMILES string of the molecule is NCc1ccc(OCC(=O)NCCC2CCCO2)cc1. The van der Waals surface area contributed by atoms with Gasteiger partial charge in [0.1, 0.15) is 5.75 Å². The van der Waals surface area contributed by atoms with Gasteiger partial charge in [0, 0.05) is 19.7 Å². The largest absolute Gasteiger partial charge is 0.484 e. The third kappa shape index (κ3) is 4.83. The maximum absolute atomic E-state index is 11.6. The van der Waals surface area contributed by atoms with Crippen molar-refractivity contribution >= 4 is 5.91 Å². The lowest BCUT2D eigenvalue weighted by Crippen LogP contribution is -2.31. The van der Waals surface area contributed by atoms with E-state index in [1.54, 1.807) is 0 Å². The van der Waals surface area contributed by atoms with Gasteiger partial charge in [-0.05, 0) is 37.0 Å². The van der Waals surface area contributed by atoms with Crippen molar-refractivity contribution in [2.45, 2.75) is 31.9 Å². The first kappa shape index (κ1) is 14.8. The highest BCUT2D eigenvalue weighted by Gasteiger charge is 2.15. The number of amides is 1. The van der Waals surface area contributed by atoms with Gasteiger partial charge in [0.25, 0.3) is 5.91 Å². The smallest absolute Gasteiger partial charge is 0.257 e. The van der Waals surface area contributed by atoms with E-state index in [1.165, 1.54) is 0 Å². The number of ether oxygens (including phenoxy) is 2. The third-order valence-corrected chi connectivity index (χ3v) is 3.34. The van der Waals surface area contributed by atoms with E-state index in [1.807, 2.05) is 24.3 Å². The van der Waals surface area contributed by atoms with Gasteiger partial charge >= 0.3 is 0 Å². The number of hydrogen-bond acceptors (Lipinski definition) is 4. The maximum Gasteiger partial charge on any atom is 0.257 e. The van der Waals surface area contributed by atoms with Crippen LogP contribution in [-0.4, -0.2) is 31.8 Å². The Bertz CT molecular complexity index is 414. The molecule has 5 nitrogen and oxygen atoms in total. The zero-order valence-electron chi connectivity index (χ0n) is 11.6. The highest BCUT2D eigenvalue weighted by molar-refractivity contribution is 5.77. The Hall–Kier alpha value is -1.59. The van der Waals surface area contributed by atoms with E-state index in [4.69, 9.17) is 15.2 Å². The summed E-state index contributed by atoms with van der Waals surface area (Å²) < 4.78 is 10.9. The molecule has 1 aliphatic heterocycles. The van der Waals surface area contributed by atoms with Crippen molar-refractivity contribution < 1.29 is 14.3 Å². The molecule has 2 rings (SSSR count). The Morgan fingerprint density at radius 1 is 1.40 bits per heavy atom. The summed E-state index contributed by atoms with van der Waals surface area (Å²) in [6, 6.07) is 7.43. The Labute approximate surface area is 119 Å². The number of carbonyl (C=O) groups is 1. The van der Waals surface area contributed by atoms with Gasteiger partial charge in [0.2, 0.25) is 0 Å². The van der Waals surface area contributed by atoms with E-state index >= 15 is 0 Å². The summed E-state index contributed by atoms with van der Waals surface area (Å²) in [6.45, 7) is 2.02. The first-order valence-electron chi connectivity index (χ1n) is 7.08. The Morgan fingerprint density at radius 2 is 2.20 bits per heavy atom. The molecule has 0 bridgehead atoms. The van der Waals surface area contributed by atoms with Crippen LogP contribution in [0.15, 0.2) is 24.3 Å². The third-order valence-electron chi connectivity index (χ3n) is 3.34. The van der Waals surface area contributed by atoms with Gasteiger partial charge in [0.15, 0.2) is 6.61 Å². The zero-order valence-corrected chi connectivity index (χ0v) is 11.6. The summed E-state index contributed by atoms with van der Waals surface area (Å²) in [4.78, 5) is 11.6. The molecule has 110 valence electrons. The average molecular weight is 278 g/mol. The fourth-order valence-electron chi connectivity index (χ4n) is 2.17. The predicted octanol–water partition coefficient (Wildman–Crippen LogP) is 1.21. The number of hydrogen-bond donors (Lipinski definition) is 2. The minimum atomic E-state index is -0.106. The standard InChI is InChI=1S/C15H22N2O3/c16-10-12-3-5-14(6-4-12)20-11-15(18)17-8-7-13-2-1-9-19-13/h3-6,13H,1-2,7-11,16H2,(H,17,18). The number of nitrogens with one attached hydrogen (secondary N) is 1. The molecule has 1 aromatic carbocycles. The van der Waals surface area contributed by atoms with E-state index in [0.29, 0.717) is 24.9 Å². The normalized spacial score (nSPS) is 17.9. The van der Waals surface area contributed by atoms with Gasteiger partial charge in [-0.2, -0.15) is 0 Å². The molecule has 1 fully saturated rings. The second-order valence-corrected chi connectivity index (χ2v) is 4.91. The number of rotatable bonds is 7. The van der Waals surface area contributed by atoms with Crippen molar-refractivity contribution in [2.75, 3.05) is 19.8 Å². The van der Waals surface area contributed by atoms with Crippen LogP contribution in [0.3, 0.4) is 0 Å². The highest BCUT2D eigenvalue weighted by Crippen LogP contribution is 2.14. The van der Waals surface area contributed by atoms with Gasteiger partial charge in [-0.15, -0.1) is 0 Å². The lowest BCUT2D eigenvalue weighted by molar-refractivity contribution is -0.123. The van der Waals surface area contributed by atoms with Crippen LogP contribution >= 0.6 is 0 Å². The topological polar surface area (TPSA) is 73.6 Å². The molecule has 5 heteroatoms. The summed E-state index contributed by atoms with van der Waals surface area (Å²) in [5.74, 6) is 0.572. The average Bonchev–Trinajstić information content (AvgIpc) is 2.99. The highest BCUT2D eigenvalue weighted by atomic mass is 16.5. The second kappa shape index (κ2) is 7.87. The van der Waals surface area contributed by atoms with Gasteiger partial charge in [-0.1, -0.05) is 12.1 Å². The molecule has 1 heterocycles. The molecule has 1 unspecified atom stereocenters. The van der Waals surface area contributed by atoms with E-state index in [2.05, 4.69) is 5.32 Å². The summed E-state index contributed by atoms with van der Waals surface area (Å²) >= 11 is 0. The van der Waals surface area contributed by atoms with Crippen LogP contribution in [0.25, 0.3) is 0 Å². The van der Waals surface area contributed by atoms with Crippen molar-refractivity contribution in [3.63, 3.8) is 0 Å². The molecule has 1 aliphatic rings. The molecule has 3 N–H and O–H groups in total. The van der Waals surface area contributed by atoms with E-state index < -0.39 is 0 Å². The summed E-state index contributed by atoms with van der Waals surface area (Å²) in [6.07, 6.45) is 3.40.